The van der Waals surface area contributed by atoms with Gasteiger partial charge in [-0.2, -0.15) is 0 Å². The molecular weight excluding hydrogens is 354 g/mol. The van der Waals surface area contributed by atoms with Gasteiger partial charge in [0.15, 0.2) is 0 Å². The van der Waals surface area contributed by atoms with E-state index < -0.39 is 0 Å². The van der Waals surface area contributed by atoms with Crippen LogP contribution in [-0.2, 0) is 18.5 Å². The van der Waals surface area contributed by atoms with Crippen molar-refractivity contribution in [2.45, 2.75) is 32.4 Å². The van der Waals surface area contributed by atoms with Crippen molar-refractivity contribution < 1.29 is 0 Å². The van der Waals surface area contributed by atoms with E-state index in [-0.39, 0.29) is 5.54 Å². The first kappa shape index (κ1) is 18.0. The van der Waals surface area contributed by atoms with Crippen molar-refractivity contribution in [3.8, 4) is 11.1 Å². The molecule has 0 aliphatic carbocycles. The first-order valence-corrected chi connectivity index (χ1v) is 10.3. The Kier molecular flexibility index (Phi) is 4.40. The van der Waals surface area contributed by atoms with E-state index in [1.807, 2.05) is 12.4 Å². The molecule has 0 fully saturated rings. The molecule has 0 atom stereocenters. The maximum absolute atomic E-state index is 4.86. The largest absolute Gasteiger partial charge is 0.289 e. The van der Waals surface area contributed by atoms with E-state index in [1.54, 1.807) is 0 Å². The van der Waals surface area contributed by atoms with Crippen LogP contribution in [0.15, 0.2) is 79.1 Å². The van der Waals surface area contributed by atoms with Crippen LogP contribution in [0.3, 0.4) is 0 Å². The summed E-state index contributed by atoms with van der Waals surface area (Å²) in [7, 11) is 0. The average molecular weight is 380 g/mol. The topological polar surface area (TPSA) is 29.0 Å². The molecular formula is C26H25N3. The smallest absolute Gasteiger partial charge is 0.0705 e. The lowest BCUT2D eigenvalue weighted by Gasteiger charge is -2.32. The lowest BCUT2D eigenvalue weighted by Crippen LogP contribution is -2.36. The Hall–Kier alpha value is -3.04. The first-order chi connectivity index (χ1) is 14.1. The fourth-order valence-electron chi connectivity index (χ4n) is 4.55. The van der Waals surface area contributed by atoms with E-state index in [1.165, 1.54) is 27.6 Å². The van der Waals surface area contributed by atoms with Gasteiger partial charge in [-0.05, 0) is 60.4 Å². The summed E-state index contributed by atoms with van der Waals surface area (Å²) in [6, 6.07) is 23.6. The van der Waals surface area contributed by atoms with Gasteiger partial charge in [0.05, 0.1) is 5.52 Å². The predicted molar refractivity (Wildman–Crippen MR) is 119 cm³/mol. The van der Waals surface area contributed by atoms with Crippen molar-refractivity contribution in [1.82, 2.24) is 14.9 Å². The molecule has 1 aliphatic rings. The summed E-state index contributed by atoms with van der Waals surface area (Å²) in [6.45, 7) is 6.63. The van der Waals surface area contributed by atoms with Crippen LogP contribution in [0.5, 0.6) is 0 Å². The van der Waals surface area contributed by atoms with Crippen molar-refractivity contribution in [3.05, 3.63) is 95.9 Å². The van der Waals surface area contributed by atoms with Gasteiger partial charge in [-0.3, -0.25) is 14.9 Å². The number of aromatic nitrogens is 2. The zero-order valence-electron chi connectivity index (χ0n) is 17.0. The summed E-state index contributed by atoms with van der Waals surface area (Å²) < 4.78 is 0. The number of benzene rings is 2. The maximum Gasteiger partial charge on any atom is 0.0705 e. The van der Waals surface area contributed by atoms with Gasteiger partial charge < -0.3 is 0 Å². The number of pyridine rings is 2. The molecule has 0 spiro atoms. The van der Waals surface area contributed by atoms with E-state index in [9.17, 15) is 0 Å². The number of hydrogen-bond donors (Lipinski definition) is 0. The van der Waals surface area contributed by atoms with E-state index in [0.717, 1.165) is 30.7 Å². The Morgan fingerprint density at radius 2 is 1.72 bits per heavy atom. The Bertz CT molecular complexity index is 1160. The van der Waals surface area contributed by atoms with E-state index >= 15 is 0 Å². The van der Waals surface area contributed by atoms with Crippen molar-refractivity contribution in [2.24, 2.45) is 0 Å². The molecule has 3 nitrogen and oxygen atoms in total. The normalized spacial score (nSPS) is 15.5. The van der Waals surface area contributed by atoms with E-state index in [4.69, 9.17) is 4.98 Å². The minimum atomic E-state index is 0.00915. The quantitative estimate of drug-likeness (QED) is 0.463. The van der Waals surface area contributed by atoms with Crippen LogP contribution in [0.2, 0.25) is 0 Å². The number of hydrogen-bond acceptors (Lipinski definition) is 3. The van der Waals surface area contributed by atoms with Crippen molar-refractivity contribution in [1.29, 1.82) is 0 Å². The highest BCUT2D eigenvalue weighted by atomic mass is 15.2. The predicted octanol–water partition coefficient (Wildman–Crippen LogP) is 5.59. The molecule has 1 aliphatic heterocycles. The lowest BCUT2D eigenvalue weighted by atomic mass is 9.90. The average Bonchev–Trinajstić information content (AvgIpc) is 3.02. The molecule has 4 aromatic rings. The Labute approximate surface area is 172 Å². The fourth-order valence-corrected chi connectivity index (χ4v) is 4.55. The molecule has 144 valence electrons. The third-order valence-electron chi connectivity index (χ3n) is 6.26. The van der Waals surface area contributed by atoms with Crippen LogP contribution in [-0.4, -0.2) is 21.4 Å². The van der Waals surface area contributed by atoms with E-state index in [2.05, 4.69) is 90.5 Å². The van der Waals surface area contributed by atoms with Gasteiger partial charge in [-0.15, -0.1) is 0 Å². The zero-order valence-corrected chi connectivity index (χ0v) is 17.0. The Morgan fingerprint density at radius 3 is 2.59 bits per heavy atom. The number of rotatable bonds is 4. The molecule has 0 unspecified atom stereocenters. The molecule has 0 bridgehead atoms. The highest BCUT2D eigenvalue weighted by Crippen LogP contribution is 2.42. The molecule has 3 heterocycles. The summed E-state index contributed by atoms with van der Waals surface area (Å²) >= 11 is 0. The van der Waals surface area contributed by atoms with Crippen molar-refractivity contribution in [2.75, 3.05) is 6.54 Å². The second kappa shape index (κ2) is 7.09. The highest BCUT2D eigenvalue weighted by Gasteiger charge is 2.38. The third kappa shape index (κ3) is 3.22. The maximum atomic E-state index is 4.86. The summed E-state index contributed by atoms with van der Waals surface area (Å²) in [4.78, 5) is 11.6. The standard InChI is InChI=1S/C26H25N3/c1-26(2)24-8-5-7-22(19-12-15-27-16-13-19)23(24)18-29(26)17-14-21-11-10-20-6-3-4-9-25(20)28-21/h3-13,15-16H,14,17-18H2,1-2H3. The molecule has 0 radical (unpaired) electrons. The van der Waals surface area contributed by atoms with Gasteiger partial charge in [0.1, 0.15) is 0 Å². The van der Waals surface area contributed by atoms with Crippen LogP contribution < -0.4 is 0 Å². The van der Waals surface area contributed by atoms with Gasteiger partial charge in [0.2, 0.25) is 0 Å². The van der Waals surface area contributed by atoms with Crippen molar-refractivity contribution >= 4 is 10.9 Å². The number of para-hydroxylation sites is 1. The second-order valence-electron chi connectivity index (χ2n) is 8.29. The monoisotopic (exact) mass is 379 g/mol. The summed E-state index contributed by atoms with van der Waals surface area (Å²) in [6.07, 6.45) is 4.70. The van der Waals surface area contributed by atoms with Crippen LogP contribution in [0.1, 0.15) is 30.7 Å². The van der Waals surface area contributed by atoms with E-state index in [0.29, 0.717) is 0 Å². The van der Waals surface area contributed by atoms with Gasteiger partial charge >= 0.3 is 0 Å². The van der Waals surface area contributed by atoms with Gasteiger partial charge in [0.25, 0.3) is 0 Å². The summed E-state index contributed by atoms with van der Waals surface area (Å²) in [5, 5.41) is 1.20. The van der Waals surface area contributed by atoms with Crippen LogP contribution in [0.4, 0.5) is 0 Å². The van der Waals surface area contributed by atoms with Crippen LogP contribution in [0, 0.1) is 0 Å². The molecule has 0 N–H and O–H groups in total. The molecule has 2 aromatic heterocycles. The first-order valence-electron chi connectivity index (χ1n) is 10.3. The van der Waals surface area contributed by atoms with Crippen LogP contribution >= 0.6 is 0 Å². The summed E-state index contributed by atoms with van der Waals surface area (Å²) in [5.74, 6) is 0. The molecule has 0 saturated carbocycles. The van der Waals surface area contributed by atoms with Gasteiger partial charge in [-0.1, -0.05) is 42.5 Å². The third-order valence-corrected chi connectivity index (χ3v) is 6.26. The SMILES string of the molecule is CC1(C)c2cccc(-c3ccncc3)c2CN1CCc1ccc2ccccc2n1. The Balaban J connectivity index is 1.41. The molecule has 0 amide bonds. The lowest BCUT2D eigenvalue weighted by molar-refractivity contribution is 0.138. The highest BCUT2D eigenvalue weighted by molar-refractivity contribution is 5.78. The number of nitrogens with zero attached hydrogens (tertiary/aromatic N) is 3. The second-order valence-corrected chi connectivity index (χ2v) is 8.29. The molecule has 5 rings (SSSR count). The molecule has 0 saturated heterocycles. The molecule has 29 heavy (non-hydrogen) atoms. The molecule has 2 aromatic carbocycles. The molecule has 3 heteroatoms. The number of fused-ring (bicyclic) bond motifs is 2. The fraction of sp³-hybridized carbons (Fsp3) is 0.231. The minimum absolute atomic E-state index is 0.00915. The van der Waals surface area contributed by atoms with Crippen molar-refractivity contribution in [3.63, 3.8) is 0 Å². The Morgan fingerprint density at radius 1 is 0.897 bits per heavy atom. The minimum Gasteiger partial charge on any atom is -0.289 e. The summed E-state index contributed by atoms with van der Waals surface area (Å²) in [5.41, 5.74) is 7.68. The van der Waals surface area contributed by atoms with Gasteiger partial charge in [-0.25, -0.2) is 0 Å². The van der Waals surface area contributed by atoms with Gasteiger partial charge in [0, 0.05) is 48.5 Å². The zero-order chi connectivity index (χ0) is 19.8. The van der Waals surface area contributed by atoms with Crippen LogP contribution in [0.25, 0.3) is 22.0 Å².